The van der Waals surface area contributed by atoms with E-state index in [2.05, 4.69) is 255 Å². The highest BCUT2D eigenvalue weighted by atomic mass is 19.4. The van der Waals surface area contributed by atoms with Gasteiger partial charge in [-0.15, -0.1) is 5.10 Å². The van der Waals surface area contributed by atoms with E-state index in [4.69, 9.17) is 23.7 Å². The predicted molar refractivity (Wildman–Crippen MR) is 457 cm³/mol. The van der Waals surface area contributed by atoms with Gasteiger partial charge in [0, 0.05) is 74.8 Å². The largest absolute Gasteiger partial charge is 0.441 e. The van der Waals surface area contributed by atoms with Crippen LogP contribution in [0.3, 0.4) is 0 Å². The van der Waals surface area contributed by atoms with E-state index in [0.717, 1.165) is 108 Å². The van der Waals surface area contributed by atoms with Crippen molar-refractivity contribution in [1.82, 2.24) is 39.5 Å². The summed E-state index contributed by atoms with van der Waals surface area (Å²) in [7, 11) is 0. The van der Waals surface area contributed by atoms with Crippen molar-refractivity contribution in [3.05, 3.63) is 221 Å². The average Bonchev–Trinajstić information content (AvgIpc) is 1.51. The van der Waals surface area contributed by atoms with Gasteiger partial charge in [-0.05, 0) is 191 Å². The second kappa shape index (κ2) is 39.9. The Morgan fingerprint density at radius 3 is 1.41 bits per heavy atom. The number of alkyl halides is 6. The summed E-state index contributed by atoms with van der Waals surface area (Å²) >= 11 is 0. The Labute approximate surface area is 682 Å². The third kappa shape index (κ3) is 28.0. The van der Waals surface area contributed by atoms with E-state index in [0.29, 0.717) is 52.4 Å². The number of fused-ring (bicyclic) bond motifs is 3. The Kier molecular flexibility index (Phi) is 31.7. The molecule has 0 saturated carbocycles. The number of aryl methyl sites for hydroxylation is 1. The van der Waals surface area contributed by atoms with Crippen molar-refractivity contribution in [3.8, 4) is 5.69 Å². The number of morpholine rings is 3. The summed E-state index contributed by atoms with van der Waals surface area (Å²) in [6, 6.07) is 51.9. The number of aromatic nitrogens is 8. The lowest BCUT2D eigenvalue weighted by Crippen LogP contribution is -2.48. The molecule has 1 N–H and O–H groups in total. The predicted octanol–water partition coefficient (Wildman–Crippen LogP) is 22.6. The van der Waals surface area contributed by atoms with E-state index in [1.165, 1.54) is 68.2 Å². The van der Waals surface area contributed by atoms with Gasteiger partial charge in [-0.3, -0.25) is 4.68 Å². The van der Waals surface area contributed by atoms with Crippen molar-refractivity contribution in [2.24, 2.45) is 0 Å². The van der Waals surface area contributed by atoms with Gasteiger partial charge in [-0.2, -0.15) is 36.5 Å². The minimum absolute atomic E-state index is 0.0407. The number of benzene rings is 7. The molecule has 0 bridgehead atoms. The first kappa shape index (κ1) is 92.4. The maximum absolute atomic E-state index is 12.8. The van der Waals surface area contributed by atoms with Crippen LogP contribution in [-0.2, 0) is 43.5 Å². The SMILES string of the molecule is CC(C)(C)c1ccc(-n2cc(F)cn2)cc1.CC(C)c1ccc(N2CCO[C@H](C)C2)cc1.CC(C)c1ccc2c(c1)nnn2CC(F)(F)F.CC(C)c1ccc2nn(C[C@H](O)C(F)(F)F)cc2c1.CC1(C)CN(c2ccc(C(C)(C)C)cc2)CCO1.C[C@H]1CN(c2ccc(C(C)(C)C)cc2)CCO1.Cc1nc2cc(C(C)C)ccc2o1. The Bertz CT molecular complexity index is 4810. The third-order valence-electron chi connectivity index (χ3n) is 20.3. The van der Waals surface area contributed by atoms with Gasteiger partial charge in [-0.25, -0.2) is 18.7 Å². The molecule has 16 nitrogen and oxygen atoms in total. The minimum atomic E-state index is -4.62. The Morgan fingerprint density at radius 1 is 0.517 bits per heavy atom. The quantitative estimate of drug-likeness (QED) is 0.123. The molecule has 630 valence electrons. The number of hydrogen-bond acceptors (Lipinski definition) is 13. The van der Waals surface area contributed by atoms with Crippen LogP contribution >= 0.6 is 0 Å². The zero-order chi connectivity index (χ0) is 85.4. The number of halogens is 7. The van der Waals surface area contributed by atoms with Crippen molar-refractivity contribution in [2.75, 3.05) is 73.8 Å². The maximum Gasteiger partial charge on any atom is 0.416 e. The number of aliphatic hydroxyl groups excluding tert-OH is 1. The zero-order valence-electron chi connectivity index (χ0n) is 72.1. The molecule has 0 unspecified atom stereocenters. The second-order valence-corrected chi connectivity index (χ2v) is 35.3. The summed E-state index contributed by atoms with van der Waals surface area (Å²) in [6.07, 6.45) is -6.52. The first-order valence-corrected chi connectivity index (χ1v) is 40.4. The molecule has 3 fully saturated rings. The molecule has 11 aromatic rings. The molecule has 3 aliphatic heterocycles. The minimum Gasteiger partial charge on any atom is -0.441 e. The van der Waals surface area contributed by atoms with E-state index in [1.54, 1.807) is 18.2 Å². The van der Waals surface area contributed by atoms with Gasteiger partial charge in [0.25, 0.3) is 0 Å². The van der Waals surface area contributed by atoms with Gasteiger partial charge in [0.15, 0.2) is 23.4 Å². The lowest BCUT2D eigenvalue weighted by Gasteiger charge is -2.39. The molecule has 3 saturated heterocycles. The highest BCUT2D eigenvalue weighted by Crippen LogP contribution is 2.32. The van der Waals surface area contributed by atoms with Gasteiger partial charge in [0.1, 0.15) is 17.6 Å². The third-order valence-corrected chi connectivity index (χ3v) is 20.3. The van der Waals surface area contributed by atoms with E-state index in [9.17, 15) is 30.7 Å². The normalized spacial score (nSPS) is 16.3. The van der Waals surface area contributed by atoms with Crippen LogP contribution in [0.15, 0.2) is 175 Å². The van der Waals surface area contributed by atoms with Gasteiger partial charge in [0.2, 0.25) is 0 Å². The lowest BCUT2D eigenvalue weighted by atomic mass is 9.87. The molecule has 0 spiro atoms. The Morgan fingerprint density at radius 2 is 0.957 bits per heavy atom. The average molecular weight is 1610 g/mol. The molecule has 116 heavy (non-hydrogen) atoms. The van der Waals surface area contributed by atoms with Crippen LogP contribution in [0.1, 0.15) is 214 Å². The fourth-order valence-electron chi connectivity index (χ4n) is 13.2. The van der Waals surface area contributed by atoms with Gasteiger partial charge in [0.05, 0.1) is 73.3 Å². The van der Waals surface area contributed by atoms with E-state index < -0.39 is 31.5 Å². The molecule has 14 rings (SSSR count). The molecule has 3 aliphatic rings. The maximum atomic E-state index is 12.8. The fourth-order valence-corrected chi connectivity index (χ4v) is 13.2. The van der Waals surface area contributed by atoms with Crippen LogP contribution in [0, 0.1) is 12.7 Å². The molecule has 0 aliphatic carbocycles. The smallest absolute Gasteiger partial charge is 0.416 e. The fraction of sp³-hybridized carbons (Fsp3) is 0.495. The zero-order valence-corrected chi connectivity index (χ0v) is 72.1. The number of ether oxygens (including phenoxy) is 3. The van der Waals surface area contributed by atoms with E-state index in [-0.39, 0.29) is 27.7 Å². The van der Waals surface area contributed by atoms with Crippen LogP contribution in [-0.4, -0.2) is 140 Å². The highest BCUT2D eigenvalue weighted by molar-refractivity contribution is 5.79. The molecular weight excluding hydrogens is 1480 g/mol. The van der Waals surface area contributed by atoms with Crippen molar-refractivity contribution >= 4 is 50.1 Å². The number of hydrogen-bond donors (Lipinski definition) is 1. The Hall–Kier alpha value is -9.16. The van der Waals surface area contributed by atoms with Gasteiger partial charge in [-0.1, -0.05) is 190 Å². The standard InChI is InChI=1S/C16H25NO.C15H23NO.C14H21NO.C13H15F3N2O.C13H15FN2.C11H12F3N3.C11H13NO/c1-15(2,3)13-6-8-14(9-7-13)17-10-11-18-16(4,5)12-17;1-12-11-16(9-10-17-12)14-7-5-13(6-8-14)15(2,3)4;1-11(2)13-4-6-14(7-5-13)15-8-9-16-12(3)10-15;1-8(2)9-3-4-11-10(5-9)6-18(17-11)7-12(19)13(14,15)16;1-13(2,3)10-4-6-12(7-5-10)16-9-11(14)8-15-16;1-7(2)8-3-4-10-9(5-8)15-16-17(10)6-11(12,13)14;1-7(2)9-4-5-11-10(6-9)12-8(3)13-11/h6-9H,10-12H2,1-5H3;5-8,12H,9-11H2,1-4H3;4-7,11-12H,8-10H2,1-3H3;3-6,8,12,19H,7H2,1-2H3;4-9H,1-3H3;3-5,7H,6H2,1-2H3;4-7H,1-3H3/t;3*12-;;;/m.010.../s1. The number of rotatable bonds is 11. The number of nitrogens with zero attached hydrogens (tertiary/aromatic N) is 11. The van der Waals surface area contributed by atoms with Crippen LogP contribution in [0.25, 0.3) is 38.7 Å². The summed E-state index contributed by atoms with van der Waals surface area (Å²) in [5, 5.41) is 25.0. The molecule has 0 radical (unpaired) electrons. The Balaban J connectivity index is 0.000000169. The molecule has 7 heterocycles. The number of aliphatic hydroxyl groups is 1. The highest BCUT2D eigenvalue weighted by Gasteiger charge is 2.39. The second-order valence-electron chi connectivity index (χ2n) is 35.3. The van der Waals surface area contributed by atoms with Crippen LogP contribution in [0.2, 0.25) is 0 Å². The molecule has 7 aromatic carbocycles. The summed E-state index contributed by atoms with van der Waals surface area (Å²) in [5.41, 5.74) is 17.6. The van der Waals surface area contributed by atoms with Crippen LogP contribution < -0.4 is 14.7 Å². The van der Waals surface area contributed by atoms with E-state index in [1.807, 2.05) is 71.0 Å². The van der Waals surface area contributed by atoms with Crippen LogP contribution in [0.4, 0.5) is 47.8 Å². The molecule has 4 aromatic heterocycles. The summed E-state index contributed by atoms with van der Waals surface area (Å²) in [4.78, 5) is 11.5. The van der Waals surface area contributed by atoms with Crippen molar-refractivity contribution in [3.63, 3.8) is 0 Å². The summed E-state index contributed by atoms with van der Waals surface area (Å²) in [5.74, 6) is 2.22. The summed E-state index contributed by atoms with van der Waals surface area (Å²) < 4.78 is 112. The monoisotopic (exact) mass is 1610 g/mol. The van der Waals surface area contributed by atoms with Crippen molar-refractivity contribution < 1.29 is 54.5 Å². The van der Waals surface area contributed by atoms with Gasteiger partial charge < -0.3 is 38.4 Å². The molecule has 3 atom stereocenters. The van der Waals surface area contributed by atoms with Crippen molar-refractivity contribution in [2.45, 2.75) is 242 Å². The molecular formula is C93H124F7N11O5. The number of oxazole rings is 1. The van der Waals surface area contributed by atoms with Gasteiger partial charge >= 0.3 is 12.4 Å². The lowest BCUT2D eigenvalue weighted by molar-refractivity contribution is -0.207. The topological polar surface area (TPSA) is 150 Å². The molecule has 0 amide bonds. The summed E-state index contributed by atoms with van der Waals surface area (Å²) in [6.45, 7) is 54.1. The van der Waals surface area contributed by atoms with Crippen LogP contribution in [0.5, 0.6) is 0 Å². The number of anilines is 3. The molecule has 23 heteroatoms. The first-order valence-electron chi connectivity index (χ1n) is 40.4. The van der Waals surface area contributed by atoms with Crippen molar-refractivity contribution in [1.29, 1.82) is 0 Å². The van der Waals surface area contributed by atoms with E-state index >= 15 is 0 Å². The first-order chi connectivity index (χ1) is 54.2.